The first kappa shape index (κ1) is 17.4. The molecule has 1 saturated carbocycles. The third-order valence-corrected chi connectivity index (χ3v) is 4.88. The molecule has 3 rings (SSSR count). The van der Waals surface area contributed by atoms with Gasteiger partial charge in [0.2, 0.25) is 0 Å². The van der Waals surface area contributed by atoms with Gasteiger partial charge in [0.05, 0.1) is 6.54 Å². The van der Waals surface area contributed by atoms with Gasteiger partial charge < -0.3 is 4.90 Å². The SMILES string of the molecule is CCN(C(=O)c1ccc(=O)n(Cc2ccccc2)n1)C1CCCCC1. The van der Waals surface area contributed by atoms with E-state index in [4.69, 9.17) is 0 Å². The first-order valence-corrected chi connectivity index (χ1v) is 9.12. The van der Waals surface area contributed by atoms with Crippen molar-refractivity contribution in [2.45, 2.75) is 51.6 Å². The average Bonchev–Trinajstić information content (AvgIpc) is 2.66. The van der Waals surface area contributed by atoms with E-state index in [1.54, 1.807) is 6.07 Å². The van der Waals surface area contributed by atoms with Crippen LogP contribution in [0.1, 0.15) is 55.1 Å². The molecule has 0 unspecified atom stereocenters. The molecule has 1 fully saturated rings. The van der Waals surface area contributed by atoms with Crippen LogP contribution in [0.5, 0.6) is 0 Å². The predicted molar refractivity (Wildman–Crippen MR) is 97.6 cm³/mol. The Morgan fingerprint density at radius 2 is 1.84 bits per heavy atom. The van der Waals surface area contributed by atoms with Gasteiger partial charge in [0.15, 0.2) is 0 Å². The summed E-state index contributed by atoms with van der Waals surface area (Å²) in [5.74, 6) is -0.0730. The summed E-state index contributed by atoms with van der Waals surface area (Å²) >= 11 is 0. The van der Waals surface area contributed by atoms with Gasteiger partial charge in [-0.25, -0.2) is 4.68 Å². The van der Waals surface area contributed by atoms with Crippen LogP contribution in [0.25, 0.3) is 0 Å². The minimum Gasteiger partial charge on any atom is -0.335 e. The highest BCUT2D eigenvalue weighted by Gasteiger charge is 2.26. The Hall–Kier alpha value is -2.43. The van der Waals surface area contributed by atoms with E-state index in [0.29, 0.717) is 24.8 Å². The van der Waals surface area contributed by atoms with Gasteiger partial charge in [-0.3, -0.25) is 9.59 Å². The van der Waals surface area contributed by atoms with Crippen LogP contribution in [-0.4, -0.2) is 33.2 Å². The number of rotatable bonds is 5. The van der Waals surface area contributed by atoms with Crippen LogP contribution in [0.3, 0.4) is 0 Å². The molecule has 0 bridgehead atoms. The van der Waals surface area contributed by atoms with Crippen molar-refractivity contribution in [3.8, 4) is 0 Å². The Kier molecular flexibility index (Phi) is 5.64. The van der Waals surface area contributed by atoms with Crippen LogP contribution >= 0.6 is 0 Å². The quantitative estimate of drug-likeness (QED) is 0.841. The minimum atomic E-state index is -0.193. The van der Waals surface area contributed by atoms with E-state index in [1.807, 2.05) is 42.2 Å². The number of nitrogens with zero attached hydrogens (tertiary/aromatic N) is 3. The highest BCUT2D eigenvalue weighted by atomic mass is 16.2. The van der Waals surface area contributed by atoms with Gasteiger partial charge in [-0.15, -0.1) is 0 Å². The van der Waals surface area contributed by atoms with E-state index in [0.717, 1.165) is 18.4 Å². The molecule has 1 aromatic heterocycles. The summed E-state index contributed by atoms with van der Waals surface area (Å²) in [5.41, 5.74) is 1.14. The molecule has 25 heavy (non-hydrogen) atoms. The molecule has 0 spiro atoms. The van der Waals surface area contributed by atoms with Crippen molar-refractivity contribution in [1.29, 1.82) is 0 Å². The number of carbonyl (C=O) groups is 1. The molecule has 1 aromatic carbocycles. The maximum atomic E-state index is 12.9. The lowest BCUT2D eigenvalue weighted by Gasteiger charge is -2.33. The standard InChI is InChI=1S/C20H25N3O2/c1-2-22(17-11-7-4-8-12-17)20(25)18-13-14-19(24)23(21-18)15-16-9-5-3-6-10-16/h3,5-6,9-10,13-14,17H,2,4,7-8,11-12,15H2,1H3. The summed E-state index contributed by atoms with van der Waals surface area (Å²) in [6, 6.07) is 13.0. The van der Waals surface area contributed by atoms with Gasteiger partial charge in [0.1, 0.15) is 5.69 Å². The lowest BCUT2D eigenvalue weighted by Crippen LogP contribution is -2.42. The fourth-order valence-electron chi connectivity index (χ4n) is 3.54. The number of amides is 1. The van der Waals surface area contributed by atoms with Crippen molar-refractivity contribution in [2.24, 2.45) is 0 Å². The molecular weight excluding hydrogens is 314 g/mol. The van der Waals surface area contributed by atoms with Crippen LogP contribution in [-0.2, 0) is 6.54 Å². The van der Waals surface area contributed by atoms with Crippen LogP contribution in [0.15, 0.2) is 47.3 Å². The van der Waals surface area contributed by atoms with E-state index >= 15 is 0 Å². The normalized spacial score (nSPS) is 15.1. The van der Waals surface area contributed by atoms with Crippen molar-refractivity contribution < 1.29 is 4.79 Å². The van der Waals surface area contributed by atoms with Crippen LogP contribution < -0.4 is 5.56 Å². The molecule has 0 saturated heterocycles. The number of aromatic nitrogens is 2. The summed E-state index contributed by atoms with van der Waals surface area (Å²) in [6.45, 7) is 3.05. The Labute approximate surface area is 148 Å². The number of hydrogen-bond acceptors (Lipinski definition) is 3. The minimum absolute atomic E-state index is 0.0730. The van der Waals surface area contributed by atoms with Crippen LogP contribution in [0.4, 0.5) is 0 Å². The Balaban J connectivity index is 1.82. The lowest BCUT2D eigenvalue weighted by atomic mass is 9.94. The molecule has 0 atom stereocenters. The molecule has 1 amide bonds. The first-order chi connectivity index (χ1) is 12.2. The maximum Gasteiger partial charge on any atom is 0.274 e. The van der Waals surface area contributed by atoms with Gasteiger partial charge in [-0.05, 0) is 31.4 Å². The Morgan fingerprint density at radius 3 is 2.52 bits per heavy atom. The van der Waals surface area contributed by atoms with Crippen molar-refractivity contribution >= 4 is 5.91 Å². The molecular formula is C20H25N3O2. The van der Waals surface area contributed by atoms with Crippen LogP contribution in [0.2, 0.25) is 0 Å². The van der Waals surface area contributed by atoms with E-state index in [1.165, 1.54) is 30.0 Å². The van der Waals surface area contributed by atoms with Crippen molar-refractivity contribution in [3.05, 3.63) is 64.1 Å². The molecule has 5 heteroatoms. The molecule has 1 aliphatic carbocycles. The summed E-state index contributed by atoms with van der Waals surface area (Å²) in [5, 5.41) is 4.34. The van der Waals surface area contributed by atoms with Crippen molar-refractivity contribution in [2.75, 3.05) is 6.54 Å². The zero-order chi connectivity index (χ0) is 17.6. The second kappa shape index (κ2) is 8.10. The smallest absolute Gasteiger partial charge is 0.274 e. The van der Waals surface area contributed by atoms with Crippen molar-refractivity contribution in [1.82, 2.24) is 14.7 Å². The summed E-state index contributed by atoms with van der Waals surface area (Å²) in [6.07, 6.45) is 5.72. The third-order valence-electron chi connectivity index (χ3n) is 4.88. The second-order valence-corrected chi connectivity index (χ2v) is 6.58. The molecule has 0 radical (unpaired) electrons. The number of hydrogen-bond donors (Lipinski definition) is 0. The zero-order valence-electron chi connectivity index (χ0n) is 14.7. The zero-order valence-corrected chi connectivity index (χ0v) is 14.7. The predicted octanol–water partition coefficient (Wildman–Crippen LogP) is 3.09. The molecule has 0 N–H and O–H groups in total. The molecule has 2 aromatic rings. The Bertz CT molecular complexity index is 764. The molecule has 132 valence electrons. The van der Waals surface area contributed by atoms with Gasteiger partial charge in [-0.2, -0.15) is 5.10 Å². The van der Waals surface area contributed by atoms with Gasteiger partial charge in [0.25, 0.3) is 11.5 Å². The second-order valence-electron chi connectivity index (χ2n) is 6.58. The number of carbonyl (C=O) groups excluding carboxylic acids is 1. The summed E-state index contributed by atoms with van der Waals surface area (Å²) < 4.78 is 1.37. The third kappa shape index (κ3) is 4.16. The monoisotopic (exact) mass is 339 g/mol. The van der Waals surface area contributed by atoms with E-state index in [2.05, 4.69) is 5.10 Å². The van der Waals surface area contributed by atoms with Crippen molar-refractivity contribution in [3.63, 3.8) is 0 Å². The lowest BCUT2D eigenvalue weighted by molar-refractivity contribution is 0.0639. The molecule has 1 aliphatic rings. The van der Waals surface area contributed by atoms with Crippen LogP contribution in [0, 0.1) is 0 Å². The Morgan fingerprint density at radius 1 is 1.12 bits per heavy atom. The molecule has 5 nitrogen and oxygen atoms in total. The van der Waals surface area contributed by atoms with E-state index in [9.17, 15) is 9.59 Å². The largest absolute Gasteiger partial charge is 0.335 e. The van der Waals surface area contributed by atoms with E-state index in [-0.39, 0.29) is 11.5 Å². The van der Waals surface area contributed by atoms with Gasteiger partial charge >= 0.3 is 0 Å². The molecule has 0 aliphatic heterocycles. The fourth-order valence-corrected chi connectivity index (χ4v) is 3.54. The average molecular weight is 339 g/mol. The first-order valence-electron chi connectivity index (χ1n) is 9.12. The highest BCUT2D eigenvalue weighted by Crippen LogP contribution is 2.23. The highest BCUT2D eigenvalue weighted by molar-refractivity contribution is 5.92. The summed E-state index contributed by atoms with van der Waals surface area (Å²) in [4.78, 5) is 27.0. The number of benzene rings is 1. The fraction of sp³-hybridized carbons (Fsp3) is 0.450. The van der Waals surface area contributed by atoms with E-state index < -0.39 is 0 Å². The van der Waals surface area contributed by atoms with Gasteiger partial charge in [0, 0.05) is 18.7 Å². The van der Waals surface area contributed by atoms with Gasteiger partial charge in [-0.1, -0.05) is 49.6 Å². The molecule has 1 heterocycles. The summed E-state index contributed by atoms with van der Waals surface area (Å²) in [7, 11) is 0. The topological polar surface area (TPSA) is 55.2 Å². The maximum absolute atomic E-state index is 12.9.